The number of rotatable bonds is 42. The van der Waals surface area contributed by atoms with Gasteiger partial charge in [-0.3, -0.25) is 4.79 Å². The summed E-state index contributed by atoms with van der Waals surface area (Å²) in [6.45, 7) is 6.88. The number of carboxylic acid groups (broad SMARTS) is 1. The molecule has 288 valence electrons. The first-order valence-electron chi connectivity index (χ1n) is 22.9. The van der Waals surface area contributed by atoms with Crippen LogP contribution < -0.4 is 0 Å². The van der Waals surface area contributed by atoms with Gasteiger partial charge in [0.1, 0.15) is 0 Å². The van der Waals surface area contributed by atoms with Crippen LogP contribution in [0.25, 0.3) is 0 Å². The number of hydrogen-bond donors (Lipinski definition) is 1. The summed E-state index contributed by atoms with van der Waals surface area (Å²) in [6, 6.07) is 0. The van der Waals surface area contributed by atoms with E-state index in [1.54, 1.807) is 0 Å². The quantitative estimate of drug-likeness (QED) is 0.0653. The number of unbranched alkanes of at least 4 members (excludes halogenated alkanes) is 35. The normalized spacial score (nSPS) is 12.9. The monoisotopic (exact) mass is 677 g/mol. The summed E-state index contributed by atoms with van der Waals surface area (Å²) < 4.78 is 0. The van der Waals surface area contributed by atoms with Crippen molar-refractivity contribution in [2.45, 2.75) is 284 Å². The van der Waals surface area contributed by atoms with Crippen molar-refractivity contribution in [3.8, 4) is 0 Å². The van der Waals surface area contributed by atoms with Crippen molar-refractivity contribution in [2.24, 2.45) is 5.41 Å². The van der Waals surface area contributed by atoms with Crippen molar-refractivity contribution < 1.29 is 9.90 Å². The lowest BCUT2D eigenvalue weighted by atomic mass is 9.74. The highest BCUT2D eigenvalue weighted by atomic mass is 16.4. The fourth-order valence-corrected chi connectivity index (χ4v) is 7.96. The highest BCUT2D eigenvalue weighted by Crippen LogP contribution is 2.38. The Balaban J connectivity index is 4.30. The molecule has 0 radical (unpaired) electrons. The smallest absolute Gasteiger partial charge is 0.309 e. The van der Waals surface area contributed by atoms with E-state index >= 15 is 0 Å². The van der Waals surface area contributed by atoms with E-state index in [-0.39, 0.29) is 0 Å². The van der Waals surface area contributed by atoms with Crippen LogP contribution in [0.5, 0.6) is 0 Å². The molecule has 0 fully saturated rings. The van der Waals surface area contributed by atoms with Crippen LogP contribution in [0.15, 0.2) is 0 Å². The average Bonchev–Trinajstić information content (AvgIpc) is 3.08. The van der Waals surface area contributed by atoms with Crippen molar-refractivity contribution in [1.82, 2.24) is 0 Å². The summed E-state index contributed by atoms with van der Waals surface area (Å²) >= 11 is 0. The van der Waals surface area contributed by atoms with Crippen molar-refractivity contribution in [3.63, 3.8) is 0 Å². The van der Waals surface area contributed by atoms with Gasteiger partial charge in [-0.05, 0) is 19.3 Å². The van der Waals surface area contributed by atoms with Gasteiger partial charge in [-0.25, -0.2) is 0 Å². The van der Waals surface area contributed by atoms with Gasteiger partial charge in [-0.1, -0.05) is 265 Å². The highest BCUT2D eigenvalue weighted by Gasteiger charge is 2.36. The molecule has 0 aliphatic heterocycles. The van der Waals surface area contributed by atoms with Gasteiger partial charge in [0.05, 0.1) is 5.41 Å². The van der Waals surface area contributed by atoms with Gasteiger partial charge in [0, 0.05) is 0 Å². The van der Waals surface area contributed by atoms with Gasteiger partial charge in [-0.15, -0.1) is 0 Å². The Labute approximate surface area is 304 Å². The molecule has 2 nitrogen and oxygen atoms in total. The number of hydrogen-bond acceptors (Lipinski definition) is 1. The molecule has 0 saturated heterocycles. The molecule has 0 aromatic rings. The van der Waals surface area contributed by atoms with Gasteiger partial charge < -0.3 is 5.11 Å². The van der Waals surface area contributed by atoms with Crippen LogP contribution in [0, 0.1) is 5.41 Å². The zero-order valence-corrected chi connectivity index (χ0v) is 33.8. The first-order chi connectivity index (χ1) is 23.6. The Morgan fingerprint density at radius 1 is 0.292 bits per heavy atom. The fraction of sp³-hybridized carbons (Fsp3) is 0.978. The van der Waals surface area contributed by atoms with Gasteiger partial charge >= 0.3 is 5.97 Å². The Morgan fingerprint density at radius 3 is 0.583 bits per heavy atom. The Kier molecular flexibility index (Phi) is 38.8. The lowest BCUT2D eigenvalue weighted by molar-refractivity contribution is -0.150. The molecule has 0 saturated carbocycles. The van der Waals surface area contributed by atoms with Gasteiger partial charge in [0.25, 0.3) is 0 Å². The van der Waals surface area contributed by atoms with Crippen LogP contribution in [0.1, 0.15) is 284 Å². The van der Waals surface area contributed by atoms with Crippen molar-refractivity contribution in [1.29, 1.82) is 0 Å². The van der Waals surface area contributed by atoms with Crippen LogP contribution in [-0.4, -0.2) is 11.1 Å². The average molecular weight is 677 g/mol. The van der Waals surface area contributed by atoms with Crippen LogP contribution in [0.3, 0.4) is 0 Å². The Hall–Kier alpha value is -0.530. The summed E-state index contributed by atoms with van der Waals surface area (Å²) in [5, 5.41) is 10.6. The molecule has 1 atom stereocenters. The molecule has 0 rings (SSSR count). The molecule has 0 aliphatic carbocycles. The van der Waals surface area contributed by atoms with Crippen molar-refractivity contribution in [2.75, 3.05) is 0 Å². The first-order valence-corrected chi connectivity index (χ1v) is 22.9. The zero-order valence-electron chi connectivity index (χ0n) is 33.8. The van der Waals surface area contributed by atoms with Crippen molar-refractivity contribution >= 4 is 5.97 Å². The number of carbonyl (C=O) groups is 1. The fourth-order valence-electron chi connectivity index (χ4n) is 7.96. The van der Waals surface area contributed by atoms with E-state index in [2.05, 4.69) is 20.8 Å². The van der Waals surface area contributed by atoms with E-state index in [1.165, 1.54) is 225 Å². The molecular formula is C46H92O2. The lowest BCUT2D eigenvalue weighted by Crippen LogP contribution is -2.31. The molecule has 1 unspecified atom stereocenters. The molecule has 0 aromatic carbocycles. The minimum Gasteiger partial charge on any atom is -0.481 e. The lowest BCUT2D eigenvalue weighted by Gasteiger charge is -2.30. The summed E-state index contributed by atoms with van der Waals surface area (Å²) in [5.41, 5.74) is -0.464. The summed E-state index contributed by atoms with van der Waals surface area (Å²) in [6.07, 6.45) is 54.1. The predicted octanol–water partition coefficient (Wildman–Crippen LogP) is 17.1. The second-order valence-electron chi connectivity index (χ2n) is 16.2. The van der Waals surface area contributed by atoms with E-state index in [0.717, 1.165) is 38.5 Å². The predicted molar refractivity (Wildman–Crippen MR) is 216 cm³/mol. The van der Waals surface area contributed by atoms with Crippen LogP contribution >= 0.6 is 0 Å². The van der Waals surface area contributed by atoms with Gasteiger partial charge in [0.15, 0.2) is 0 Å². The molecule has 48 heavy (non-hydrogen) atoms. The summed E-state index contributed by atoms with van der Waals surface area (Å²) in [4.78, 5) is 12.8. The maximum absolute atomic E-state index is 12.8. The summed E-state index contributed by atoms with van der Waals surface area (Å²) in [7, 11) is 0. The molecule has 0 bridgehead atoms. The third kappa shape index (κ3) is 32.7. The van der Waals surface area contributed by atoms with Gasteiger partial charge in [0.2, 0.25) is 0 Å². The third-order valence-electron chi connectivity index (χ3n) is 11.5. The molecule has 0 amide bonds. The first kappa shape index (κ1) is 47.5. The van der Waals surface area contributed by atoms with E-state index in [4.69, 9.17) is 0 Å². The van der Waals surface area contributed by atoms with Crippen LogP contribution in [0.4, 0.5) is 0 Å². The second-order valence-corrected chi connectivity index (χ2v) is 16.2. The maximum atomic E-state index is 12.8. The van der Waals surface area contributed by atoms with E-state index in [1.807, 2.05) is 0 Å². The van der Waals surface area contributed by atoms with E-state index in [0.29, 0.717) is 0 Å². The maximum Gasteiger partial charge on any atom is 0.309 e. The number of aliphatic carboxylic acids is 1. The Bertz CT molecular complexity index is 615. The Morgan fingerprint density at radius 2 is 0.438 bits per heavy atom. The van der Waals surface area contributed by atoms with Gasteiger partial charge in [-0.2, -0.15) is 0 Å². The van der Waals surface area contributed by atoms with E-state index in [9.17, 15) is 9.90 Å². The standard InChI is InChI=1S/C46H92O2/c1-4-7-10-13-16-19-22-24-25-26-27-29-32-35-38-41-44-46(45(47)48,42-39-36-33-30-21-18-15-12-9-6-3)43-40-37-34-31-28-23-20-17-14-11-8-5-2/h4-44H2,1-3H3,(H,47,48). The third-order valence-corrected chi connectivity index (χ3v) is 11.5. The zero-order chi connectivity index (χ0) is 35.1. The van der Waals surface area contributed by atoms with Crippen molar-refractivity contribution in [3.05, 3.63) is 0 Å². The highest BCUT2D eigenvalue weighted by molar-refractivity contribution is 5.74. The number of carboxylic acids is 1. The molecular weight excluding hydrogens is 585 g/mol. The summed E-state index contributed by atoms with van der Waals surface area (Å²) in [5.74, 6) is -0.484. The van der Waals surface area contributed by atoms with Crippen LogP contribution in [0.2, 0.25) is 0 Å². The minimum atomic E-state index is -0.484. The SMILES string of the molecule is CCCCCCCCCCCCCCCCCCC(CCCCCCCCCCCC)(CCCCCCCCCCCCCC)C(=O)O. The van der Waals surface area contributed by atoms with Crippen LogP contribution in [-0.2, 0) is 4.79 Å². The topological polar surface area (TPSA) is 37.3 Å². The molecule has 1 N–H and O–H groups in total. The molecule has 0 spiro atoms. The molecule has 0 heterocycles. The molecule has 2 heteroatoms. The second kappa shape index (κ2) is 39.3. The molecule has 0 aromatic heterocycles. The minimum absolute atomic E-state index is 0.464. The van der Waals surface area contributed by atoms with E-state index < -0.39 is 11.4 Å². The largest absolute Gasteiger partial charge is 0.481 e. The molecule has 0 aliphatic rings.